The third-order valence-electron chi connectivity index (χ3n) is 4.01. The molecular weight excluding hydrogens is 367 g/mol. The minimum atomic E-state index is -1.03. The SMILES string of the molecule is O=C(CC(Cc1ccccc1)C(=O)O)Nc1nc(-c2ccccc2F)cs1. The molecule has 1 unspecified atom stereocenters. The summed E-state index contributed by atoms with van der Waals surface area (Å²) in [6.07, 6.45) is 0.0980. The number of benzene rings is 2. The van der Waals surface area contributed by atoms with Crippen LogP contribution in [0.25, 0.3) is 11.3 Å². The second kappa shape index (κ2) is 8.55. The van der Waals surface area contributed by atoms with E-state index in [1.165, 1.54) is 6.07 Å². The zero-order valence-corrected chi connectivity index (χ0v) is 15.1. The molecule has 138 valence electrons. The van der Waals surface area contributed by atoms with Crippen LogP contribution in [-0.4, -0.2) is 22.0 Å². The van der Waals surface area contributed by atoms with Crippen molar-refractivity contribution in [3.05, 3.63) is 71.4 Å². The Morgan fingerprint density at radius 1 is 1.11 bits per heavy atom. The number of amides is 1. The van der Waals surface area contributed by atoms with Gasteiger partial charge in [0.2, 0.25) is 5.91 Å². The molecule has 1 amide bonds. The van der Waals surface area contributed by atoms with Crippen molar-refractivity contribution >= 4 is 28.3 Å². The molecule has 2 aromatic carbocycles. The van der Waals surface area contributed by atoms with Gasteiger partial charge < -0.3 is 10.4 Å². The van der Waals surface area contributed by atoms with E-state index in [2.05, 4.69) is 10.3 Å². The second-order valence-corrected chi connectivity index (χ2v) is 6.85. The predicted molar refractivity (Wildman–Crippen MR) is 102 cm³/mol. The third kappa shape index (κ3) is 4.98. The average Bonchev–Trinajstić information content (AvgIpc) is 3.10. The van der Waals surface area contributed by atoms with Crippen LogP contribution >= 0.6 is 11.3 Å². The first kappa shape index (κ1) is 18.7. The van der Waals surface area contributed by atoms with Crippen molar-refractivity contribution in [2.45, 2.75) is 12.8 Å². The summed E-state index contributed by atoms with van der Waals surface area (Å²) in [7, 11) is 0. The number of carbonyl (C=O) groups is 2. The molecule has 3 rings (SSSR count). The summed E-state index contributed by atoms with van der Waals surface area (Å²) in [5, 5.41) is 14.0. The highest BCUT2D eigenvalue weighted by Gasteiger charge is 2.22. The molecule has 7 heteroatoms. The van der Waals surface area contributed by atoms with E-state index >= 15 is 0 Å². The maximum absolute atomic E-state index is 13.8. The lowest BCUT2D eigenvalue weighted by molar-refractivity contribution is -0.143. The molecule has 27 heavy (non-hydrogen) atoms. The number of aliphatic carboxylic acids is 1. The van der Waals surface area contributed by atoms with Gasteiger partial charge in [-0.25, -0.2) is 9.37 Å². The molecule has 1 aromatic heterocycles. The largest absolute Gasteiger partial charge is 0.481 e. The van der Waals surface area contributed by atoms with Crippen LogP contribution in [0.2, 0.25) is 0 Å². The molecule has 0 spiro atoms. The summed E-state index contributed by atoms with van der Waals surface area (Å²) >= 11 is 1.16. The number of nitrogens with zero attached hydrogens (tertiary/aromatic N) is 1. The first-order chi connectivity index (χ1) is 13.0. The normalized spacial score (nSPS) is 11.7. The molecule has 0 aliphatic heterocycles. The van der Waals surface area contributed by atoms with Crippen LogP contribution in [0.4, 0.5) is 9.52 Å². The third-order valence-corrected chi connectivity index (χ3v) is 4.76. The topological polar surface area (TPSA) is 79.3 Å². The first-order valence-corrected chi connectivity index (χ1v) is 9.18. The summed E-state index contributed by atoms with van der Waals surface area (Å²) in [6, 6.07) is 15.4. The molecular formula is C20H17FN2O3S. The molecule has 1 heterocycles. The Hall–Kier alpha value is -3.06. The van der Waals surface area contributed by atoms with Gasteiger partial charge in [-0.3, -0.25) is 9.59 Å². The number of halogens is 1. The van der Waals surface area contributed by atoms with Crippen molar-refractivity contribution in [1.82, 2.24) is 4.98 Å². The highest BCUT2D eigenvalue weighted by molar-refractivity contribution is 7.14. The van der Waals surface area contributed by atoms with E-state index in [1.807, 2.05) is 30.3 Å². The molecule has 0 radical (unpaired) electrons. The zero-order chi connectivity index (χ0) is 19.2. The van der Waals surface area contributed by atoms with E-state index in [9.17, 15) is 19.1 Å². The molecule has 5 nitrogen and oxygen atoms in total. The monoisotopic (exact) mass is 384 g/mol. The molecule has 0 saturated carbocycles. The number of thiazole rings is 1. The van der Waals surface area contributed by atoms with E-state index in [4.69, 9.17) is 0 Å². The van der Waals surface area contributed by atoms with Crippen LogP contribution in [0.3, 0.4) is 0 Å². The number of carboxylic acids is 1. The lowest BCUT2D eigenvalue weighted by Gasteiger charge is -2.11. The molecule has 2 N–H and O–H groups in total. The van der Waals surface area contributed by atoms with Crippen LogP contribution < -0.4 is 5.32 Å². The Balaban J connectivity index is 1.64. The zero-order valence-electron chi connectivity index (χ0n) is 14.3. The van der Waals surface area contributed by atoms with Gasteiger partial charge in [0.15, 0.2) is 5.13 Å². The number of anilines is 1. The number of aromatic nitrogens is 1. The number of hydrogen-bond acceptors (Lipinski definition) is 4. The lowest BCUT2D eigenvalue weighted by Crippen LogP contribution is -2.24. The fourth-order valence-electron chi connectivity index (χ4n) is 2.66. The fraction of sp³-hybridized carbons (Fsp3) is 0.150. The first-order valence-electron chi connectivity index (χ1n) is 8.30. The van der Waals surface area contributed by atoms with Gasteiger partial charge in [-0.05, 0) is 24.1 Å². The van der Waals surface area contributed by atoms with E-state index < -0.39 is 23.6 Å². The second-order valence-electron chi connectivity index (χ2n) is 5.99. The molecule has 0 saturated heterocycles. The van der Waals surface area contributed by atoms with Gasteiger partial charge in [0.25, 0.3) is 0 Å². The Morgan fingerprint density at radius 2 is 1.81 bits per heavy atom. The molecule has 0 aliphatic rings. The van der Waals surface area contributed by atoms with Gasteiger partial charge in [0, 0.05) is 17.4 Å². The lowest BCUT2D eigenvalue weighted by atomic mass is 9.96. The van der Waals surface area contributed by atoms with Gasteiger partial charge >= 0.3 is 5.97 Å². The van der Waals surface area contributed by atoms with Crippen LogP contribution in [-0.2, 0) is 16.0 Å². The maximum atomic E-state index is 13.8. The summed E-state index contributed by atoms with van der Waals surface area (Å²) in [4.78, 5) is 27.9. The van der Waals surface area contributed by atoms with E-state index in [-0.39, 0.29) is 12.8 Å². The molecule has 0 bridgehead atoms. The van der Waals surface area contributed by atoms with Crippen LogP contribution in [0.15, 0.2) is 60.0 Å². The van der Waals surface area contributed by atoms with Gasteiger partial charge in [-0.15, -0.1) is 11.3 Å². The highest BCUT2D eigenvalue weighted by atomic mass is 32.1. The number of rotatable bonds is 7. The summed E-state index contributed by atoms with van der Waals surface area (Å²) in [5.74, 6) is -2.69. The van der Waals surface area contributed by atoms with Crippen LogP contribution in [0, 0.1) is 11.7 Å². The van der Waals surface area contributed by atoms with Crippen LogP contribution in [0.5, 0.6) is 0 Å². The minimum Gasteiger partial charge on any atom is -0.481 e. The smallest absolute Gasteiger partial charge is 0.307 e. The molecule has 1 atom stereocenters. The van der Waals surface area contributed by atoms with Crippen molar-refractivity contribution in [3.63, 3.8) is 0 Å². The fourth-order valence-corrected chi connectivity index (χ4v) is 3.39. The highest BCUT2D eigenvalue weighted by Crippen LogP contribution is 2.27. The Bertz CT molecular complexity index is 943. The van der Waals surface area contributed by atoms with Crippen molar-refractivity contribution in [3.8, 4) is 11.3 Å². The summed E-state index contributed by atoms with van der Waals surface area (Å²) < 4.78 is 13.8. The van der Waals surface area contributed by atoms with Gasteiger partial charge in [-0.1, -0.05) is 42.5 Å². The van der Waals surface area contributed by atoms with Crippen LogP contribution in [0.1, 0.15) is 12.0 Å². The molecule has 3 aromatic rings. The van der Waals surface area contributed by atoms with Gasteiger partial charge in [-0.2, -0.15) is 0 Å². The van der Waals surface area contributed by atoms with Crippen molar-refractivity contribution < 1.29 is 19.1 Å². The number of carboxylic acid groups (broad SMARTS) is 1. The Kier molecular flexibility index (Phi) is 5.93. The molecule has 0 aliphatic carbocycles. The number of hydrogen-bond donors (Lipinski definition) is 2. The predicted octanol–water partition coefficient (Wildman–Crippen LogP) is 4.22. The van der Waals surface area contributed by atoms with Crippen molar-refractivity contribution in [2.24, 2.45) is 5.92 Å². The summed E-state index contributed by atoms with van der Waals surface area (Å²) in [5.41, 5.74) is 1.63. The van der Waals surface area contributed by atoms with E-state index in [0.29, 0.717) is 16.4 Å². The van der Waals surface area contributed by atoms with E-state index in [1.54, 1.807) is 23.6 Å². The minimum absolute atomic E-state index is 0.168. The Labute approximate surface area is 159 Å². The maximum Gasteiger partial charge on any atom is 0.307 e. The van der Waals surface area contributed by atoms with Crippen molar-refractivity contribution in [1.29, 1.82) is 0 Å². The van der Waals surface area contributed by atoms with Crippen molar-refractivity contribution in [2.75, 3.05) is 5.32 Å². The van der Waals surface area contributed by atoms with E-state index in [0.717, 1.165) is 16.9 Å². The Morgan fingerprint density at radius 3 is 2.52 bits per heavy atom. The molecule has 0 fully saturated rings. The number of carbonyl (C=O) groups excluding carboxylic acids is 1. The number of nitrogens with one attached hydrogen (secondary N) is 1. The standard InChI is InChI=1S/C20H17FN2O3S/c21-16-9-5-4-8-15(16)17-12-27-20(22-17)23-18(24)11-14(19(25)26)10-13-6-2-1-3-7-13/h1-9,12,14H,10-11H2,(H,25,26)(H,22,23,24). The quantitative estimate of drug-likeness (QED) is 0.639. The summed E-state index contributed by atoms with van der Waals surface area (Å²) in [6.45, 7) is 0. The van der Waals surface area contributed by atoms with Gasteiger partial charge in [0.05, 0.1) is 11.6 Å². The average molecular weight is 384 g/mol. The van der Waals surface area contributed by atoms with Gasteiger partial charge in [0.1, 0.15) is 5.82 Å².